The highest BCUT2D eigenvalue weighted by Gasteiger charge is 2.08. The molecule has 0 aromatic rings. The number of hydrogen-bond donors (Lipinski definition) is 1. The lowest BCUT2D eigenvalue weighted by Gasteiger charge is -2.01. The van der Waals surface area contributed by atoms with E-state index >= 15 is 0 Å². The molecule has 0 bridgehead atoms. The van der Waals surface area contributed by atoms with E-state index in [9.17, 15) is 14.4 Å². The third-order valence-corrected chi connectivity index (χ3v) is 2.22. The molecule has 0 spiro atoms. The molecule has 22 heavy (non-hydrogen) atoms. The predicted molar refractivity (Wildman–Crippen MR) is 79.9 cm³/mol. The van der Waals surface area contributed by atoms with Crippen molar-refractivity contribution in [2.75, 3.05) is 27.4 Å². The van der Waals surface area contributed by atoms with Crippen LogP contribution in [0.4, 0.5) is 0 Å². The first-order valence-corrected chi connectivity index (χ1v) is 6.56. The van der Waals surface area contributed by atoms with Crippen molar-refractivity contribution in [3.8, 4) is 0 Å². The third-order valence-electron chi connectivity index (χ3n) is 2.22. The molecule has 0 atom stereocenters. The summed E-state index contributed by atoms with van der Waals surface area (Å²) in [5, 5.41) is 8.30. The van der Waals surface area contributed by atoms with Crippen LogP contribution in [0.2, 0.25) is 0 Å². The number of esters is 3. The highest BCUT2D eigenvalue weighted by molar-refractivity contribution is 5.88. The second kappa shape index (κ2) is 13.8. The molecular weight excluding hydrogens is 292 g/mol. The van der Waals surface area contributed by atoms with Gasteiger partial charge in [0.1, 0.15) is 0 Å². The van der Waals surface area contributed by atoms with Crippen LogP contribution in [0, 0.1) is 0 Å². The maximum Gasteiger partial charge on any atom is 0.333 e. The summed E-state index contributed by atoms with van der Waals surface area (Å²) in [4.78, 5) is 32.0. The normalized spacial score (nSPS) is 8.91. The third kappa shape index (κ3) is 12.9. The monoisotopic (exact) mass is 316 g/mol. The molecule has 0 amide bonds. The summed E-state index contributed by atoms with van der Waals surface area (Å²) in [5.74, 6) is -1.24. The number of methoxy groups -OCH3 is 2. The molecule has 7 heteroatoms. The van der Waals surface area contributed by atoms with Crippen LogP contribution < -0.4 is 0 Å². The number of ether oxygens (including phenoxy) is 3. The molecule has 0 aromatic heterocycles. The summed E-state index contributed by atoms with van der Waals surface area (Å²) >= 11 is 0. The molecule has 7 nitrogen and oxygen atoms in total. The molecular formula is C15H24O7. The van der Waals surface area contributed by atoms with E-state index in [1.54, 1.807) is 6.92 Å². The Bertz CT molecular complexity index is 399. The maximum atomic E-state index is 10.7. The second-order valence-corrected chi connectivity index (χ2v) is 4.16. The van der Waals surface area contributed by atoms with Gasteiger partial charge in [-0.2, -0.15) is 0 Å². The SMILES string of the molecule is C=C(C)C(=O)OCCCO.C=C(CCC(=O)OC)C(=O)OC. The van der Waals surface area contributed by atoms with Gasteiger partial charge in [0.05, 0.1) is 20.8 Å². The van der Waals surface area contributed by atoms with Crippen LogP contribution in [0.1, 0.15) is 26.2 Å². The van der Waals surface area contributed by atoms with E-state index in [1.165, 1.54) is 14.2 Å². The summed E-state index contributed by atoms with van der Waals surface area (Å²) in [7, 11) is 2.56. The molecule has 0 unspecified atom stereocenters. The number of carbonyl (C=O) groups is 3. The van der Waals surface area contributed by atoms with E-state index in [4.69, 9.17) is 5.11 Å². The largest absolute Gasteiger partial charge is 0.469 e. The second-order valence-electron chi connectivity index (χ2n) is 4.16. The summed E-state index contributed by atoms with van der Waals surface area (Å²) in [6.07, 6.45) is 0.919. The van der Waals surface area contributed by atoms with Gasteiger partial charge in [-0.05, 0) is 13.3 Å². The molecule has 0 aliphatic carbocycles. The van der Waals surface area contributed by atoms with Crippen molar-refractivity contribution in [3.05, 3.63) is 24.3 Å². The standard InChI is InChI=1S/C8H12O4.C7H12O3/c1-6(8(10)12-3)4-5-7(9)11-2;1-6(2)7(9)10-5-3-4-8/h1,4-5H2,2-3H3;8H,1,3-5H2,2H3. The summed E-state index contributed by atoms with van der Waals surface area (Å²) in [5.41, 5.74) is 0.667. The van der Waals surface area contributed by atoms with E-state index in [2.05, 4.69) is 27.4 Å². The topological polar surface area (TPSA) is 99.1 Å². The van der Waals surface area contributed by atoms with Crippen molar-refractivity contribution >= 4 is 17.9 Å². The van der Waals surface area contributed by atoms with Gasteiger partial charge in [0.25, 0.3) is 0 Å². The molecule has 0 heterocycles. The minimum absolute atomic E-state index is 0.0451. The van der Waals surface area contributed by atoms with Crippen LogP contribution in [0.5, 0.6) is 0 Å². The molecule has 0 fully saturated rings. The van der Waals surface area contributed by atoms with Crippen molar-refractivity contribution in [1.82, 2.24) is 0 Å². The Morgan fingerprint density at radius 2 is 1.59 bits per heavy atom. The van der Waals surface area contributed by atoms with Crippen molar-refractivity contribution < 1.29 is 33.7 Å². The highest BCUT2D eigenvalue weighted by atomic mass is 16.5. The Hall–Kier alpha value is -2.15. The van der Waals surface area contributed by atoms with Gasteiger partial charge in [0.2, 0.25) is 0 Å². The lowest BCUT2D eigenvalue weighted by Crippen LogP contribution is -2.07. The zero-order chi connectivity index (χ0) is 17.5. The van der Waals surface area contributed by atoms with Gasteiger partial charge in [-0.25, -0.2) is 9.59 Å². The van der Waals surface area contributed by atoms with E-state index in [-0.39, 0.29) is 37.6 Å². The molecule has 0 aromatic carbocycles. The van der Waals surface area contributed by atoms with Crippen LogP contribution in [-0.4, -0.2) is 50.4 Å². The van der Waals surface area contributed by atoms with Crippen LogP contribution in [0.25, 0.3) is 0 Å². The van der Waals surface area contributed by atoms with Gasteiger partial charge in [0, 0.05) is 30.6 Å². The molecule has 126 valence electrons. The average Bonchev–Trinajstić information content (AvgIpc) is 2.51. The molecule has 0 aliphatic rings. The first-order chi connectivity index (χ1) is 10.3. The van der Waals surface area contributed by atoms with E-state index in [0.29, 0.717) is 12.0 Å². The van der Waals surface area contributed by atoms with E-state index in [0.717, 1.165) is 0 Å². The van der Waals surface area contributed by atoms with Crippen LogP contribution >= 0.6 is 0 Å². The summed E-state index contributed by atoms with van der Waals surface area (Å²) in [6.45, 7) is 8.74. The van der Waals surface area contributed by atoms with Crippen molar-refractivity contribution in [1.29, 1.82) is 0 Å². The van der Waals surface area contributed by atoms with Crippen LogP contribution in [0.15, 0.2) is 24.3 Å². The van der Waals surface area contributed by atoms with Gasteiger partial charge in [0.15, 0.2) is 0 Å². The lowest BCUT2D eigenvalue weighted by atomic mass is 10.2. The smallest absolute Gasteiger partial charge is 0.333 e. The summed E-state index contributed by atoms with van der Waals surface area (Å²) < 4.78 is 13.4. The Morgan fingerprint density at radius 3 is 2.00 bits per heavy atom. The van der Waals surface area contributed by atoms with Gasteiger partial charge in [-0.1, -0.05) is 13.2 Å². The quantitative estimate of drug-likeness (QED) is 0.310. The van der Waals surface area contributed by atoms with Gasteiger partial charge in [-0.15, -0.1) is 0 Å². The molecule has 0 saturated carbocycles. The molecule has 1 N–H and O–H groups in total. The molecule has 0 aliphatic heterocycles. The highest BCUT2D eigenvalue weighted by Crippen LogP contribution is 2.04. The number of aliphatic hydroxyl groups is 1. The predicted octanol–water partition coefficient (Wildman–Crippen LogP) is 1.16. The zero-order valence-corrected chi connectivity index (χ0v) is 13.3. The number of hydrogen-bond acceptors (Lipinski definition) is 7. The number of rotatable bonds is 8. The summed E-state index contributed by atoms with van der Waals surface area (Å²) in [6, 6.07) is 0. The lowest BCUT2D eigenvalue weighted by molar-refractivity contribution is -0.141. The fraction of sp³-hybridized carbons (Fsp3) is 0.533. The first kappa shape index (κ1) is 22.1. The number of carbonyl (C=O) groups excluding carboxylic acids is 3. The zero-order valence-electron chi connectivity index (χ0n) is 13.3. The minimum Gasteiger partial charge on any atom is -0.469 e. The van der Waals surface area contributed by atoms with Gasteiger partial charge >= 0.3 is 17.9 Å². The first-order valence-electron chi connectivity index (χ1n) is 6.56. The van der Waals surface area contributed by atoms with Crippen LogP contribution in [-0.2, 0) is 28.6 Å². The Labute approximate surface area is 130 Å². The Kier molecular flexibility index (Phi) is 13.9. The van der Waals surface area contributed by atoms with Crippen molar-refractivity contribution in [3.63, 3.8) is 0 Å². The van der Waals surface area contributed by atoms with Gasteiger partial charge in [-0.3, -0.25) is 4.79 Å². The van der Waals surface area contributed by atoms with E-state index < -0.39 is 11.9 Å². The van der Waals surface area contributed by atoms with Crippen molar-refractivity contribution in [2.24, 2.45) is 0 Å². The fourth-order valence-electron chi connectivity index (χ4n) is 0.954. The Balaban J connectivity index is 0. The van der Waals surface area contributed by atoms with Crippen LogP contribution in [0.3, 0.4) is 0 Å². The van der Waals surface area contributed by atoms with Crippen molar-refractivity contribution in [2.45, 2.75) is 26.2 Å². The number of aliphatic hydroxyl groups excluding tert-OH is 1. The minimum atomic E-state index is -0.487. The van der Waals surface area contributed by atoms with Gasteiger partial charge < -0.3 is 19.3 Å². The maximum absolute atomic E-state index is 10.7. The molecule has 0 rings (SSSR count). The fourth-order valence-corrected chi connectivity index (χ4v) is 0.954. The van der Waals surface area contributed by atoms with E-state index in [1.807, 2.05) is 0 Å². The average molecular weight is 316 g/mol. The molecule has 0 radical (unpaired) electrons. The Morgan fingerprint density at radius 1 is 1.00 bits per heavy atom. The molecule has 0 saturated heterocycles.